The number of rotatable bonds is 9. The summed E-state index contributed by atoms with van der Waals surface area (Å²) in [5, 5.41) is 7.00. The molecular weight excluding hydrogens is 268 g/mol. The molecule has 0 spiro atoms. The highest BCUT2D eigenvalue weighted by atomic mass is 15.0. The van der Waals surface area contributed by atoms with Crippen molar-refractivity contribution in [2.24, 2.45) is 0 Å². The maximum absolute atomic E-state index is 3.92. The largest absolute Gasteiger partial charge is 0.305 e. The Morgan fingerprint density at radius 2 is 1.05 bits per heavy atom. The number of nitrogens with one attached hydrogen (secondary N) is 2. The zero-order valence-electron chi connectivity index (χ0n) is 12.9. The minimum atomic E-state index is 0.182. The molecular formula is C20H24N2. The van der Waals surface area contributed by atoms with E-state index in [4.69, 9.17) is 0 Å². The molecule has 0 aromatic heterocycles. The molecule has 0 aliphatic heterocycles. The molecule has 2 N–H and O–H groups in total. The molecule has 2 aromatic carbocycles. The molecule has 0 aliphatic carbocycles. The first-order valence-corrected chi connectivity index (χ1v) is 7.67. The molecule has 0 fully saturated rings. The molecule has 2 unspecified atom stereocenters. The summed E-state index contributed by atoms with van der Waals surface area (Å²) in [7, 11) is 0. The van der Waals surface area contributed by atoms with Crippen LogP contribution in [0.4, 0.5) is 0 Å². The third-order valence-corrected chi connectivity index (χ3v) is 3.64. The van der Waals surface area contributed by atoms with E-state index in [1.165, 1.54) is 11.1 Å². The van der Waals surface area contributed by atoms with Crippen molar-refractivity contribution in [1.82, 2.24) is 10.6 Å². The fourth-order valence-corrected chi connectivity index (χ4v) is 2.45. The third-order valence-electron chi connectivity index (χ3n) is 3.64. The van der Waals surface area contributed by atoms with Gasteiger partial charge in [-0.15, -0.1) is 13.2 Å². The van der Waals surface area contributed by atoms with Gasteiger partial charge in [-0.2, -0.15) is 0 Å². The summed E-state index contributed by atoms with van der Waals surface area (Å²) in [6, 6.07) is 21.1. The lowest BCUT2D eigenvalue weighted by molar-refractivity contribution is 0.551. The first-order chi connectivity index (χ1) is 10.8. The summed E-state index contributed by atoms with van der Waals surface area (Å²) in [6.07, 6.45) is 3.88. The van der Waals surface area contributed by atoms with Crippen LogP contribution in [0.5, 0.6) is 0 Å². The van der Waals surface area contributed by atoms with Crippen molar-refractivity contribution in [2.75, 3.05) is 13.1 Å². The summed E-state index contributed by atoms with van der Waals surface area (Å²) in [4.78, 5) is 0. The molecule has 2 nitrogen and oxygen atoms in total. The summed E-state index contributed by atoms with van der Waals surface area (Å²) in [5.41, 5.74) is 2.47. The molecule has 0 saturated heterocycles. The van der Waals surface area contributed by atoms with Crippen LogP contribution in [0.25, 0.3) is 0 Å². The van der Waals surface area contributed by atoms with Crippen LogP contribution in [0, 0.1) is 0 Å². The lowest BCUT2D eigenvalue weighted by atomic mass is 10.1. The van der Waals surface area contributed by atoms with E-state index in [-0.39, 0.29) is 12.1 Å². The highest BCUT2D eigenvalue weighted by Crippen LogP contribution is 2.14. The van der Waals surface area contributed by atoms with Crippen LogP contribution in [0.15, 0.2) is 86.0 Å². The molecule has 2 rings (SSSR count). The van der Waals surface area contributed by atoms with Crippen molar-refractivity contribution in [3.8, 4) is 0 Å². The van der Waals surface area contributed by atoms with Crippen molar-refractivity contribution < 1.29 is 0 Å². The number of benzene rings is 2. The molecule has 0 radical (unpaired) electrons. The van der Waals surface area contributed by atoms with Gasteiger partial charge in [0.15, 0.2) is 0 Å². The van der Waals surface area contributed by atoms with Crippen LogP contribution in [0.2, 0.25) is 0 Å². The van der Waals surface area contributed by atoms with E-state index in [9.17, 15) is 0 Å². The van der Waals surface area contributed by atoms with Gasteiger partial charge in [-0.1, -0.05) is 72.8 Å². The van der Waals surface area contributed by atoms with Gasteiger partial charge in [0.05, 0.1) is 12.1 Å². The van der Waals surface area contributed by atoms with Crippen molar-refractivity contribution in [3.05, 3.63) is 97.1 Å². The van der Waals surface area contributed by atoms with Gasteiger partial charge >= 0.3 is 0 Å². The number of hydrogen-bond donors (Lipinski definition) is 2. The highest BCUT2D eigenvalue weighted by molar-refractivity contribution is 5.23. The predicted octanol–water partition coefficient (Wildman–Crippen LogP) is 4.02. The zero-order chi connectivity index (χ0) is 15.6. The van der Waals surface area contributed by atoms with Gasteiger partial charge in [-0.05, 0) is 11.1 Å². The Hall–Kier alpha value is -2.16. The Bertz CT molecular complexity index is 509. The molecule has 2 atom stereocenters. The van der Waals surface area contributed by atoms with Crippen molar-refractivity contribution in [1.29, 1.82) is 0 Å². The standard InChI is InChI=1S/C20H24N2/c1-3-19(17-11-7-5-8-12-17)21-15-16-22-20(4-2)18-13-9-6-10-14-18/h3-14,19-22H,1-2,15-16H2. The summed E-state index contributed by atoms with van der Waals surface area (Å²) < 4.78 is 0. The van der Waals surface area contributed by atoms with E-state index in [2.05, 4.69) is 72.3 Å². The van der Waals surface area contributed by atoms with Crippen LogP contribution in [-0.4, -0.2) is 13.1 Å². The third kappa shape index (κ3) is 4.69. The fourth-order valence-electron chi connectivity index (χ4n) is 2.45. The molecule has 0 aliphatic rings. The first-order valence-electron chi connectivity index (χ1n) is 7.67. The SMILES string of the molecule is C=CC(NCCNC(C=C)c1ccccc1)c1ccccc1. The van der Waals surface area contributed by atoms with Crippen molar-refractivity contribution in [2.45, 2.75) is 12.1 Å². The quantitative estimate of drug-likeness (QED) is 0.539. The molecule has 0 saturated carbocycles. The predicted molar refractivity (Wildman–Crippen MR) is 94.8 cm³/mol. The van der Waals surface area contributed by atoms with Gasteiger partial charge in [-0.25, -0.2) is 0 Å². The van der Waals surface area contributed by atoms with Crippen LogP contribution < -0.4 is 10.6 Å². The Labute approximate surface area is 133 Å². The second-order valence-electron chi connectivity index (χ2n) is 5.16. The second-order valence-corrected chi connectivity index (χ2v) is 5.16. The Kier molecular flexibility index (Phi) is 6.62. The Morgan fingerprint density at radius 1 is 0.682 bits per heavy atom. The lowest BCUT2D eigenvalue weighted by Crippen LogP contribution is -2.31. The van der Waals surface area contributed by atoms with Gasteiger partial charge < -0.3 is 10.6 Å². The Balaban J connectivity index is 1.80. The van der Waals surface area contributed by atoms with Crippen LogP contribution in [-0.2, 0) is 0 Å². The van der Waals surface area contributed by atoms with Crippen LogP contribution >= 0.6 is 0 Å². The summed E-state index contributed by atoms with van der Waals surface area (Å²) >= 11 is 0. The molecule has 0 bridgehead atoms. The van der Waals surface area contributed by atoms with E-state index in [0.717, 1.165) is 13.1 Å². The van der Waals surface area contributed by atoms with Crippen molar-refractivity contribution >= 4 is 0 Å². The minimum Gasteiger partial charge on any atom is -0.305 e. The van der Waals surface area contributed by atoms with Gasteiger partial charge in [0, 0.05) is 13.1 Å². The minimum absolute atomic E-state index is 0.182. The topological polar surface area (TPSA) is 24.1 Å². The maximum Gasteiger partial charge on any atom is 0.0504 e. The zero-order valence-corrected chi connectivity index (χ0v) is 12.9. The Morgan fingerprint density at radius 3 is 1.36 bits per heavy atom. The highest BCUT2D eigenvalue weighted by Gasteiger charge is 2.07. The monoisotopic (exact) mass is 292 g/mol. The van der Waals surface area contributed by atoms with E-state index in [1.807, 2.05) is 24.3 Å². The van der Waals surface area contributed by atoms with Gasteiger partial charge in [0.25, 0.3) is 0 Å². The molecule has 2 heteroatoms. The van der Waals surface area contributed by atoms with Gasteiger partial charge in [-0.3, -0.25) is 0 Å². The second kappa shape index (κ2) is 8.98. The first kappa shape index (κ1) is 16.2. The fraction of sp³-hybridized carbons (Fsp3) is 0.200. The molecule has 22 heavy (non-hydrogen) atoms. The smallest absolute Gasteiger partial charge is 0.0504 e. The summed E-state index contributed by atoms with van der Waals surface area (Å²) in [6.45, 7) is 9.56. The molecule has 0 heterocycles. The molecule has 114 valence electrons. The van der Waals surface area contributed by atoms with Gasteiger partial charge in [0.1, 0.15) is 0 Å². The number of hydrogen-bond acceptors (Lipinski definition) is 2. The van der Waals surface area contributed by atoms with E-state index in [1.54, 1.807) is 0 Å². The van der Waals surface area contributed by atoms with E-state index < -0.39 is 0 Å². The maximum atomic E-state index is 3.92. The molecule has 0 amide bonds. The molecule has 2 aromatic rings. The van der Waals surface area contributed by atoms with Crippen molar-refractivity contribution in [3.63, 3.8) is 0 Å². The van der Waals surface area contributed by atoms with E-state index in [0.29, 0.717) is 0 Å². The van der Waals surface area contributed by atoms with E-state index >= 15 is 0 Å². The lowest BCUT2D eigenvalue weighted by Gasteiger charge is -2.18. The average Bonchev–Trinajstić information content (AvgIpc) is 2.60. The normalized spacial score (nSPS) is 13.3. The van der Waals surface area contributed by atoms with Crippen LogP contribution in [0.3, 0.4) is 0 Å². The summed E-state index contributed by atoms with van der Waals surface area (Å²) in [5.74, 6) is 0. The van der Waals surface area contributed by atoms with Crippen LogP contribution in [0.1, 0.15) is 23.2 Å². The van der Waals surface area contributed by atoms with Gasteiger partial charge in [0.2, 0.25) is 0 Å². The average molecular weight is 292 g/mol.